The first kappa shape index (κ1) is 14.0. The molecule has 0 fully saturated rings. The zero-order chi connectivity index (χ0) is 13.3. The molecule has 7 heteroatoms. The number of nitrogens with two attached hydrogens (primary N) is 1. The van der Waals surface area contributed by atoms with Crippen LogP contribution in [0.4, 0.5) is 5.82 Å². The van der Waals surface area contributed by atoms with Gasteiger partial charge in [-0.1, -0.05) is 34.5 Å². The Kier molecular flexibility index (Phi) is 4.45. The first-order valence-corrected chi connectivity index (χ1v) is 7.77. The van der Waals surface area contributed by atoms with Crippen molar-refractivity contribution in [3.05, 3.63) is 31.2 Å². The molecule has 2 rings (SSSR count). The summed E-state index contributed by atoms with van der Waals surface area (Å²) in [6, 6.07) is 3.93. The molecule has 96 valence electrons. The van der Waals surface area contributed by atoms with E-state index in [-0.39, 0.29) is 0 Å². The van der Waals surface area contributed by atoms with Crippen LogP contribution in [0.2, 0.25) is 0 Å². The molecule has 4 nitrogen and oxygen atoms in total. The minimum atomic E-state index is 0.485. The molecule has 0 saturated heterocycles. The molecular weight excluding hydrogens is 428 g/mol. The summed E-state index contributed by atoms with van der Waals surface area (Å²) < 4.78 is 4.60. The number of hydrogen-bond acceptors (Lipinski definition) is 3. The van der Waals surface area contributed by atoms with Crippen LogP contribution in [0.5, 0.6) is 0 Å². The SMILES string of the molecule is CCCc1c(N)nnn1-c1c(Br)cc(Br)cc1Br. The lowest BCUT2D eigenvalue weighted by Crippen LogP contribution is -2.05. The van der Waals surface area contributed by atoms with E-state index in [0.29, 0.717) is 5.82 Å². The van der Waals surface area contributed by atoms with Gasteiger partial charge in [0.05, 0.1) is 11.4 Å². The van der Waals surface area contributed by atoms with Crippen LogP contribution >= 0.6 is 47.8 Å². The van der Waals surface area contributed by atoms with Gasteiger partial charge in [-0.2, -0.15) is 0 Å². The highest BCUT2D eigenvalue weighted by molar-refractivity contribution is 9.11. The highest BCUT2D eigenvalue weighted by Gasteiger charge is 2.16. The third kappa shape index (κ3) is 2.62. The minimum absolute atomic E-state index is 0.485. The number of hydrogen-bond donors (Lipinski definition) is 1. The van der Waals surface area contributed by atoms with Gasteiger partial charge in [0.1, 0.15) is 0 Å². The smallest absolute Gasteiger partial charge is 0.169 e. The maximum Gasteiger partial charge on any atom is 0.169 e. The third-order valence-corrected chi connectivity index (χ3v) is 4.14. The van der Waals surface area contributed by atoms with Crippen LogP contribution in [0.3, 0.4) is 0 Å². The summed E-state index contributed by atoms with van der Waals surface area (Å²) in [5.74, 6) is 0.485. The van der Waals surface area contributed by atoms with Crippen molar-refractivity contribution < 1.29 is 0 Å². The molecule has 0 amide bonds. The molecular formula is C11H11Br3N4. The lowest BCUT2D eigenvalue weighted by Gasteiger charge is -2.11. The van der Waals surface area contributed by atoms with Crippen LogP contribution in [0.25, 0.3) is 5.69 Å². The summed E-state index contributed by atoms with van der Waals surface area (Å²) in [6.07, 6.45) is 1.83. The van der Waals surface area contributed by atoms with Crippen molar-refractivity contribution in [2.75, 3.05) is 5.73 Å². The average Bonchev–Trinajstić information content (AvgIpc) is 2.61. The fourth-order valence-corrected chi connectivity index (χ4v) is 4.30. The molecule has 0 radical (unpaired) electrons. The number of nitrogens with zero attached hydrogens (tertiary/aromatic N) is 3. The Hall–Kier alpha value is -0.400. The van der Waals surface area contributed by atoms with Gasteiger partial charge in [0, 0.05) is 13.4 Å². The summed E-state index contributed by atoms with van der Waals surface area (Å²) in [6.45, 7) is 2.10. The van der Waals surface area contributed by atoms with E-state index in [0.717, 1.165) is 37.6 Å². The van der Waals surface area contributed by atoms with E-state index in [4.69, 9.17) is 5.73 Å². The van der Waals surface area contributed by atoms with Crippen LogP contribution < -0.4 is 5.73 Å². The zero-order valence-corrected chi connectivity index (χ0v) is 14.4. The van der Waals surface area contributed by atoms with E-state index in [9.17, 15) is 0 Å². The van der Waals surface area contributed by atoms with Crippen LogP contribution in [0.15, 0.2) is 25.6 Å². The second-order valence-corrected chi connectivity index (χ2v) is 6.43. The monoisotopic (exact) mass is 436 g/mol. The molecule has 1 aromatic heterocycles. The Morgan fingerprint density at radius 3 is 2.39 bits per heavy atom. The van der Waals surface area contributed by atoms with Gasteiger partial charge in [-0.3, -0.25) is 0 Å². The van der Waals surface area contributed by atoms with Gasteiger partial charge in [0.2, 0.25) is 0 Å². The molecule has 0 aliphatic carbocycles. The van der Waals surface area contributed by atoms with Crippen molar-refractivity contribution in [2.24, 2.45) is 0 Å². The molecule has 0 saturated carbocycles. The summed E-state index contributed by atoms with van der Waals surface area (Å²) in [7, 11) is 0. The molecule has 0 bridgehead atoms. The van der Waals surface area contributed by atoms with Gasteiger partial charge in [-0.05, 0) is 50.4 Å². The van der Waals surface area contributed by atoms with Gasteiger partial charge >= 0.3 is 0 Å². The maximum absolute atomic E-state index is 5.86. The predicted octanol–water partition coefficient (Wildman–Crippen LogP) is 4.09. The Morgan fingerprint density at radius 2 is 1.83 bits per heavy atom. The normalized spacial score (nSPS) is 10.9. The zero-order valence-electron chi connectivity index (χ0n) is 9.62. The van der Waals surface area contributed by atoms with E-state index in [2.05, 4.69) is 65.0 Å². The molecule has 2 N–H and O–H groups in total. The standard InChI is InChI=1S/C11H11Br3N4/c1-2-3-9-11(15)16-17-18(9)10-7(13)4-6(12)5-8(10)14/h4-5H,2-3,15H2,1H3. The quantitative estimate of drug-likeness (QED) is 0.785. The van der Waals surface area contributed by atoms with E-state index >= 15 is 0 Å². The fourth-order valence-electron chi connectivity index (χ4n) is 1.70. The number of rotatable bonds is 3. The van der Waals surface area contributed by atoms with Crippen molar-refractivity contribution in [2.45, 2.75) is 19.8 Å². The van der Waals surface area contributed by atoms with E-state index in [1.54, 1.807) is 4.68 Å². The lowest BCUT2D eigenvalue weighted by atomic mass is 10.2. The molecule has 0 aliphatic heterocycles. The van der Waals surface area contributed by atoms with Crippen molar-refractivity contribution in [1.29, 1.82) is 0 Å². The highest BCUT2D eigenvalue weighted by Crippen LogP contribution is 2.33. The summed E-state index contributed by atoms with van der Waals surface area (Å²) in [4.78, 5) is 0. The second-order valence-electron chi connectivity index (χ2n) is 3.80. The van der Waals surface area contributed by atoms with Crippen LogP contribution in [-0.4, -0.2) is 15.0 Å². The number of benzene rings is 1. The molecule has 1 aromatic carbocycles. The molecule has 1 heterocycles. The molecule has 0 atom stereocenters. The van der Waals surface area contributed by atoms with Crippen LogP contribution in [-0.2, 0) is 6.42 Å². The third-order valence-electron chi connectivity index (χ3n) is 2.47. The number of anilines is 1. The Labute approximate surface area is 130 Å². The first-order valence-electron chi connectivity index (χ1n) is 5.39. The van der Waals surface area contributed by atoms with Crippen molar-refractivity contribution in [3.8, 4) is 5.69 Å². The maximum atomic E-state index is 5.86. The number of aromatic nitrogens is 3. The summed E-state index contributed by atoms with van der Waals surface area (Å²) in [5, 5.41) is 8.08. The van der Waals surface area contributed by atoms with Crippen molar-refractivity contribution in [1.82, 2.24) is 15.0 Å². The molecule has 0 aliphatic rings. The first-order chi connectivity index (χ1) is 8.54. The minimum Gasteiger partial charge on any atom is -0.381 e. The van der Waals surface area contributed by atoms with Gasteiger partial charge in [-0.15, -0.1) is 5.10 Å². The van der Waals surface area contributed by atoms with Crippen LogP contribution in [0, 0.1) is 0 Å². The molecule has 0 spiro atoms. The fraction of sp³-hybridized carbons (Fsp3) is 0.273. The van der Waals surface area contributed by atoms with E-state index < -0.39 is 0 Å². The topological polar surface area (TPSA) is 56.7 Å². The van der Waals surface area contributed by atoms with Gasteiger partial charge < -0.3 is 5.73 Å². The Bertz CT molecular complexity index is 557. The lowest BCUT2D eigenvalue weighted by molar-refractivity contribution is 0.741. The molecule has 18 heavy (non-hydrogen) atoms. The Balaban J connectivity index is 2.62. The van der Waals surface area contributed by atoms with Gasteiger partial charge in [0.25, 0.3) is 0 Å². The van der Waals surface area contributed by atoms with Gasteiger partial charge in [-0.25, -0.2) is 4.68 Å². The highest BCUT2D eigenvalue weighted by atomic mass is 79.9. The van der Waals surface area contributed by atoms with E-state index in [1.165, 1.54) is 0 Å². The predicted molar refractivity (Wildman–Crippen MR) is 82.9 cm³/mol. The van der Waals surface area contributed by atoms with Crippen molar-refractivity contribution >= 4 is 53.6 Å². The molecule has 2 aromatic rings. The average molecular weight is 439 g/mol. The van der Waals surface area contributed by atoms with Crippen LogP contribution in [0.1, 0.15) is 19.0 Å². The largest absolute Gasteiger partial charge is 0.381 e. The number of nitrogen functional groups attached to an aromatic ring is 1. The molecule has 0 unspecified atom stereocenters. The van der Waals surface area contributed by atoms with Crippen molar-refractivity contribution in [3.63, 3.8) is 0 Å². The summed E-state index contributed by atoms with van der Waals surface area (Å²) in [5.41, 5.74) is 7.70. The van der Waals surface area contributed by atoms with Gasteiger partial charge in [0.15, 0.2) is 5.82 Å². The summed E-state index contributed by atoms with van der Waals surface area (Å²) >= 11 is 10.5. The Morgan fingerprint density at radius 1 is 1.22 bits per heavy atom. The van der Waals surface area contributed by atoms with E-state index in [1.807, 2.05) is 12.1 Å². The number of halogens is 3. The second kappa shape index (κ2) is 5.71.